The molecule has 108 valence electrons. The number of aryl methyl sites for hydroxylation is 1. The van der Waals surface area contributed by atoms with Crippen LogP contribution in [0, 0.1) is 0 Å². The Labute approximate surface area is 120 Å². The molecule has 0 spiro atoms. The molecule has 1 aliphatic heterocycles. The van der Waals surface area contributed by atoms with Crippen molar-refractivity contribution >= 4 is 0 Å². The molecule has 2 aromatic rings. The van der Waals surface area contributed by atoms with Crippen LogP contribution < -0.4 is 0 Å². The Morgan fingerprint density at radius 2 is 2.30 bits per heavy atom. The van der Waals surface area contributed by atoms with E-state index >= 15 is 0 Å². The van der Waals surface area contributed by atoms with Gasteiger partial charge in [0.1, 0.15) is 11.6 Å². The molecule has 0 aromatic carbocycles. The van der Waals surface area contributed by atoms with Crippen LogP contribution in [0.5, 0.6) is 0 Å². The summed E-state index contributed by atoms with van der Waals surface area (Å²) in [5.74, 6) is 2.26. The molecule has 0 bridgehead atoms. The van der Waals surface area contributed by atoms with E-state index in [-0.39, 0.29) is 0 Å². The van der Waals surface area contributed by atoms with Crippen molar-refractivity contribution in [2.24, 2.45) is 0 Å². The number of imidazole rings is 1. The van der Waals surface area contributed by atoms with Gasteiger partial charge in [0, 0.05) is 18.9 Å². The van der Waals surface area contributed by atoms with Gasteiger partial charge in [0.05, 0.1) is 18.8 Å². The molecule has 0 radical (unpaired) electrons. The summed E-state index contributed by atoms with van der Waals surface area (Å²) in [6, 6.07) is 4.50. The van der Waals surface area contributed by atoms with Crippen LogP contribution in [0.4, 0.5) is 0 Å². The number of furan rings is 1. The van der Waals surface area contributed by atoms with Gasteiger partial charge in [0.2, 0.25) is 0 Å². The smallest absolute Gasteiger partial charge is 0.122 e. The number of likely N-dealkylation sites (tertiary alicyclic amines) is 1. The Morgan fingerprint density at radius 1 is 1.35 bits per heavy atom. The van der Waals surface area contributed by atoms with Crippen molar-refractivity contribution in [2.45, 2.75) is 51.7 Å². The summed E-state index contributed by atoms with van der Waals surface area (Å²) < 4.78 is 7.89. The van der Waals surface area contributed by atoms with Gasteiger partial charge in [-0.3, -0.25) is 4.90 Å². The van der Waals surface area contributed by atoms with E-state index in [9.17, 15) is 0 Å². The van der Waals surface area contributed by atoms with Crippen LogP contribution in [0.25, 0.3) is 0 Å². The number of aromatic nitrogens is 2. The number of hydrogen-bond donors (Lipinski definition) is 0. The van der Waals surface area contributed by atoms with Gasteiger partial charge in [-0.15, -0.1) is 0 Å². The molecule has 1 aliphatic rings. The quantitative estimate of drug-likeness (QED) is 0.853. The van der Waals surface area contributed by atoms with Crippen LogP contribution in [0.3, 0.4) is 0 Å². The summed E-state index contributed by atoms with van der Waals surface area (Å²) in [6.07, 6.45) is 10.8. The molecule has 1 fully saturated rings. The average Bonchev–Trinajstić information content (AvgIpc) is 3.08. The Morgan fingerprint density at radius 3 is 3.10 bits per heavy atom. The maximum atomic E-state index is 5.67. The van der Waals surface area contributed by atoms with Gasteiger partial charge in [0.15, 0.2) is 0 Å². The first-order valence-corrected chi connectivity index (χ1v) is 7.66. The predicted octanol–water partition coefficient (Wildman–Crippen LogP) is 3.61. The molecular formula is C16H23N3O. The normalized spacial score (nSPS) is 20.9. The zero-order valence-electron chi connectivity index (χ0n) is 12.2. The fourth-order valence-corrected chi connectivity index (χ4v) is 3.12. The van der Waals surface area contributed by atoms with Gasteiger partial charge in [-0.2, -0.15) is 0 Å². The topological polar surface area (TPSA) is 34.2 Å². The van der Waals surface area contributed by atoms with Crippen LogP contribution in [0.2, 0.25) is 0 Å². The Kier molecular flexibility index (Phi) is 4.21. The molecule has 3 rings (SSSR count). The number of rotatable bonds is 4. The lowest BCUT2D eigenvalue weighted by atomic mass is 10.1. The van der Waals surface area contributed by atoms with E-state index in [2.05, 4.69) is 33.6 Å². The SMILES string of the molecule is CCn1ccnc1CN1CCCCCC1c1ccco1. The van der Waals surface area contributed by atoms with Gasteiger partial charge in [-0.25, -0.2) is 4.98 Å². The van der Waals surface area contributed by atoms with Crippen molar-refractivity contribution in [3.8, 4) is 0 Å². The second-order valence-electron chi connectivity index (χ2n) is 5.48. The molecule has 0 N–H and O–H groups in total. The van der Waals surface area contributed by atoms with Gasteiger partial charge >= 0.3 is 0 Å². The lowest BCUT2D eigenvalue weighted by Gasteiger charge is -2.28. The highest BCUT2D eigenvalue weighted by Gasteiger charge is 2.25. The van der Waals surface area contributed by atoms with Crippen LogP contribution in [0.1, 0.15) is 50.2 Å². The fourth-order valence-electron chi connectivity index (χ4n) is 3.12. The second-order valence-corrected chi connectivity index (χ2v) is 5.48. The molecule has 2 aromatic heterocycles. The van der Waals surface area contributed by atoms with Crippen LogP contribution in [-0.2, 0) is 13.1 Å². The zero-order chi connectivity index (χ0) is 13.8. The summed E-state index contributed by atoms with van der Waals surface area (Å²) in [5, 5.41) is 0. The molecule has 4 nitrogen and oxygen atoms in total. The number of nitrogens with zero attached hydrogens (tertiary/aromatic N) is 3. The van der Waals surface area contributed by atoms with Crippen molar-refractivity contribution in [3.05, 3.63) is 42.4 Å². The lowest BCUT2D eigenvalue weighted by molar-refractivity contribution is 0.163. The molecule has 1 atom stereocenters. The average molecular weight is 273 g/mol. The monoisotopic (exact) mass is 273 g/mol. The number of hydrogen-bond acceptors (Lipinski definition) is 3. The van der Waals surface area contributed by atoms with Gasteiger partial charge in [-0.05, 0) is 38.4 Å². The maximum Gasteiger partial charge on any atom is 0.122 e. The van der Waals surface area contributed by atoms with Crippen LogP contribution >= 0.6 is 0 Å². The van der Waals surface area contributed by atoms with E-state index in [1.54, 1.807) is 6.26 Å². The van der Waals surface area contributed by atoms with E-state index < -0.39 is 0 Å². The molecule has 1 unspecified atom stereocenters. The first kappa shape index (κ1) is 13.4. The summed E-state index contributed by atoms with van der Waals surface area (Å²) >= 11 is 0. The predicted molar refractivity (Wildman–Crippen MR) is 78.2 cm³/mol. The third-order valence-electron chi connectivity index (χ3n) is 4.22. The van der Waals surface area contributed by atoms with E-state index in [4.69, 9.17) is 4.42 Å². The molecule has 4 heteroatoms. The molecule has 1 saturated heterocycles. The summed E-state index contributed by atoms with van der Waals surface area (Å²) in [7, 11) is 0. The summed E-state index contributed by atoms with van der Waals surface area (Å²) in [4.78, 5) is 7.05. The zero-order valence-corrected chi connectivity index (χ0v) is 12.2. The molecule has 0 aliphatic carbocycles. The third-order valence-corrected chi connectivity index (χ3v) is 4.22. The third kappa shape index (κ3) is 2.80. The standard InChI is InChI=1S/C16H23N3O/c1-2-18-11-9-17-16(18)13-19-10-5-3-4-7-14(19)15-8-6-12-20-15/h6,8-9,11-12,14H,2-5,7,10,13H2,1H3. The Hall–Kier alpha value is -1.55. The highest BCUT2D eigenvalue weighted by molar-refractivity contribution is 5.06. The van der Waals surface area contributed by atoms with Crippen molar-refractivity contribution in [3.63, 3.8) is 0 Å². The summed E-state index contributed by atoms with van der Waals surface area (Å²) in [5.41, 5.74) is 0. The van der Waals surface area contributed by atoms with Crippen molar-refractivity contribution in [1.29, 1.82) is 0 Å². The highest BCUT2D eigenvalue weighted by atomic mass is 16.3. The Balaban J connectivity index is 1.80. The van der Waals surface area contributed by atoms with E-state index in [1.807, 2.05) is 12.3 Å². The maximum absolute atomic E-state index is 5.67. The van der Waals surface area contributed by atoms with Gasteiger partial charge in [0.25, 0.3) is 0 Å². The minimum atomic E-state index is 0.398. The van der Waals surface area contributed by atoms with Crippen LogP contribution in [-0.4, -0.2) is 21.0 Å². The molecule has 0 saturated carbocycles. The van der Waals surface area contributed by atoms with Crippen molar-refractivity contribution in [1.82, 2.24) is 14.5 Å². The summed E-state index contributed by atoms with van der Waals surface area (Å²) in [6.45, 7) is 5.18. The fraction of sp³-hybridized carbons (Fsp3) is 0.562. The van der Waals surface area contributed by atoms with Crippen LogP contribution in [0.15, 0.2) is 35.2 Å². The minimum absolute atomic E-state index is 0.398. The van der Waals surface area contributed by atoms with Crippen molar-refractivity contribution < 1.29 is 4.42 Å². The van der Waals surface area contributed by atoms with Gasteiger partial charge in [-0.1, -0.05) is 12.8 Å². The first-order chi connectivity index (χ1) is 9.88. The van der Waals surface area contributed by atoms with Gasteiger partial charge < -0.3 is 8.98 Å². The molecule has 20 heavy (non-hydrogen) atoms. The minimum Gasteiger partial charge on any atom is -0.468 e. The molecular weight excluding hydrogens is 250 g/mol. The first-order valence-electron chi connectivity index (χ1n) is 7.66. The van der Waals surface area contributed by atoms with E-state index in [0.717, 1.165) is 31.2 Å². The second kappa shape index (κ2) is 6.27. The lowest BCUT2D eigenvalue weighted by Crippen LogP contribution is -2.29. The molecule has 0 amide bonds. The highest BCUT2D eigenvalue weighted by Crippen LogP contribution is 2.31. The van der Waals surface area contributed by atoms with Crippen molar-refractivity contribution in [2.75, 3.05) is 6.54 Å². The Bertz CT molecular complexity index is 518. The largest absolute Gasteiger partial charge is 0.468 e. The van der Waals surface area contributed by atoms with E-state index in [1.165, 1.54) is 25.7 Å². The molecule has 3 heterocycles. The van der Waals surface area contributed by atoms with E-state index in [0.29, 0.717) is 6.04 Å².